The van der Waals surface area contributed by atoms with Gasteiger partial charge in [0, 0.05) is 13.1 Å². The minimum atomic E-state index is -3.64. The fourth-order valence-electron chi connectivity index (χ4n) is 2.89. The van der Waals surface area contributed by atoms with Gasteiger partial charge in [-0.3, -0.25) is 4.79 Å². The van der Waals surface area contributed by atoms with Gasteiger partial charge in [0.05, 0.1) is 15.5 Å². The lowest BCUT2D eigenvalue weighted by atomic mass is 9.99. The number of nitrogens with zero attached hydrogens (tertiary/aromatic N) is 1. The molecule has 7 heteroatoms. The first kappa shape index (κ1) is 18.6. The molecule has 0 saturated carbocycles. The van der Waals surface area contributed by atoms with Crippen LogP contribution < -0.4 is 4.72 Å². The van der Waals surface area contributed by atoms with Crippen molar-refractivity contribution in [2.45, 2.75) is 11.3 Å². The minimum absolute atomic E-state index is 0.0188. The van der Waals surface area contributed by atoms with Crippen LogP contribution in [0.2, 0.25) is 5.02 Å². The summed E-state index contributed by atoms with van der Waals surface area (Å²) in [5.41, 5.74) is 2.55. The highest BCUT2D eigenvalue weighted by Crippen LogP contribution is 2.26. The molecule has 2 aromatic rings. The standard InChI is InChI=1S/C19H19ClN2O3S/c1-21-26(24,25)16-7-8-18(20)17(13-16)19(23)22-11-9-15(10-12-22)14-5-3-2-4-6-14/h2-9,13,21H,10-12H2,1H3. The highest BCUT2D eigenvalue weighted by atomic mass is 35.5. The molecule has 0 aliphatic carbocycles. The Hall–Kier alpha value is -2.15. The van der Waals surface area contributed by atoms with Crippen LogP contribution in [-0.4, -0.2) is 39.4 Å². The fourth-order valence-corrected chi connectivity index (χ4v) is 3.85. The van der Waals surface area contributed by atoms with E-state index < -0.39 is 10.0 Å². The topological polar surface area (TPSA) is 66.5 Å². The number of amides is 1. The van der Waals surface area contributed by atoms with E-state index in [1.54, 1.807) is 4.90 Å². The Morgan fingerprint density at radius 2 is 1.88 bits per heavy atom. The predicted octanol–water partition coefficient (Wildman–Crippen LogP) is 3.18. The van der Waals surface area contributed by atoms with Crippen LogP contribution in [0.1, 0.15) is 22.3 Å². The van der Waals surface area contributed by atoms with Crippen molar-refractivity contribution in [3.63, 3.8) is 0 Å². The molecule has 0 atom stereocenters. The van der Waals surface area contributed by atoms with Crippen LogP contribution in [0.15, 0.2) is 59.5 Å². The summed E-state index contributed by atoms with van der Waals surface area (Å²) in [7, 11) is -2.31. The number of halogens is 1. The van der Waals surface area contributed by atoms with Crippen molar-refractivity contribution >= 4 is 33.1 Å². The molecule has 0 fully saturated rings. The van der Waals surface area contributed by atoms with Crippen LogP contribution in [-0.2, 0) is 10.0 Å². The zero-order chi connectivity index (χ0) is 18.7. The van der Waals surface area contributed by atoms with Gasteiger partial charge in [-0.05, 0) is 42.8 Å². The first-order valence-electron chi connectivity index (χ1n) is 8.19. The maximum atomic E-state index is 12.8. The van der Waals surface area contributed by atoms with Gasteiger partial charge in [0.2, 0.25) is 10.0 Å². The molecule has 2 aromatic carbocycles. The Balaban J connectivity index is 1.83. The lowest BCUT2D eigenvalue weighted by molar-refractivity contribution is 0.0773. The van der Waals surface area contributed by atoms with Gasteiger partial charge in [0.1, 0.15) is 0 Å². The van der Waals surface area contributed by atoms with Gasteiger partial charge in [-0.2, -0.15) is 0 Å². The molecule has 1 aliphatic heterocycles. The highest BCUT2D eigenvalue weighted by Gasteiger charge is 2.23. The third-order valence-electron chi connectivity index (χ3n) is 4.39. The minimum Gasteiger partial charge on any atom is -0.335 e. The molecule has 3 rings (SSSR count). The van der Waals surface area contributed by atoms with E-state index in [9.17, 15) is 13.2 Å². The number of benzene rings is 2. The van der Waals surface area contributed by atoms with Crippen molar-refractivity contribution in [3.8, 4) is 0 Å². The third kappa shape index (κ3) is 3.82. The molecule has 26 heavy (non-hydrogen) atoms. The molecular formula is C19H19ClN2O3S. The van der Waals surface area contributed by atoms with E-state index in [1.165, 1.54) is 30.8 Å². The first-order chi connectivity index (χ1) is 12.4. The zero-order valence-electron chi connectivity index (χ0n) is 14.3. The van der Waals surface area contributed by atoms with Crippen LogP contribution in [0.5, 0.6) is 0 Å². The molecule has 0 spiro atoms. The van der Waals surface area contributed by atoms with Crippen LogP contribution in [0.3, 0.4) is 0 Å². The molecule has 136 valence electrons. The zero-order valence-corrected chi connectivity index (χ0v) is 15.8. The van der Waals surface area contributed by atoms with E-state index >= 15 is 0 Å². The molecule has 1 aliphatic rings. The lowest BCUT2D eigenvalue weighted by Gasteiger charge is -2.27. The fraction of sp³-hybridized carbons (Fsp3) is 0.211. The first-order valence-corrected chi connectivity index (χ1v) is 10.1. The van der Waals surface area contributed by atoms with Crippen molar-refractivity contribution in [3.05, 3.63) is 70.8 Å². The highest BCUT2D eigenvalue weighted by molar-refractivity contribution is 7.89. The van der Waals surface area contributed by atoms with Crippen molar-refractivity contribution in [1.82, 2.24) is 9.62 Å². The van der Waals surface area contributed by atoms with E-state index in [2.05, 4.69) is 4.72 Å². The van der Waals surface area contributed by atoms with Crippen LogP contribution in [0, 0.1) is 0 Å². The summed E-state index contributed by atoms with van der Waals surface area (Å²) in [5, 5.41) is 0.239. The van der Waals surface area contributed by atoms with Gasteiger partial charge in [-0.1, -0.05) is 48.0 Å². The van der Waals surface area contributed by atoms with Gasteiger partial charge in [0.25, 0.3) is 5.91 Å². The van der Waals surface area contributed by atoms with Crippen LogP contribution in [0.25, 0.3) is 5.57 Å². The van der Waals surface area contributed by atoms with Gasteiger partial charge in [-0.25, -0.2) is 13.1 Å². The summed E-state index contributed by atoms with van der Waals surface area (Å²) in [6, 6.07) is 14.2. The SMILES string of the molecule is CNS(=O)(=O)c1ccc(Cl)c(C(=O)N2CC=C(c3ccccc3)CC2)c1. The maximum Gasteiger partial charge on any atom is 0.255 e. The van der Waals surface area contributed by atoms with Gasteiger partial charge in [0.15, 0.2) is 0 Å². The van der Waals surface area contributed by atoms with Gasteiger partial charge >= 0.3 is 0 Å². The van der Waals surface area contributed by atoms with Crippen molar-refractivity contribution in [2.75, 3.05) is 20.1 Å². The lowest BCUT2D eigenvalue weighted by Crippen LogP contribution is -2.35. The predicted molar refractivity (Wildman–Crippen MR) is 103 cm³/mol. The van der Waals surface area contributed by atoms with Crippen LogP contribution in [0.4, 0.5) is 0 Å². The van der Waals surface area contributed by atoms with Crippen molar-refractivity contribution in [2.24, 2.45) is 0 Å². The van der Waals surface area contributed by atoms with Gasteiger partial charge < -0.3 is 4.90 Å². The molecule has 1 heterocycles. The number of sulfonamides is 1. The number of hydrogen-bond donors (Lipinski definition) is 1. The second kappa shape index (κ2) is 7.61. The molecule has 5 nitrogen and oxygen atoms in total. The average molecular weight is 391 g/mol. The van der Waals surface area contributed by atoms with Crippen LogP contribution >= 0.6 is 11.6 Å². The second-order valence-electron chi connectivity index (χ2n) is 5.95. The number of carbonyl (C=O) groups excluding carboxylic acids is 1. The normalized spacial score (nSPS) is 14.8. The summed E-state index contributed by atoms with van der Waals surface area (Å²) in [4.78, 5) is 14.5. The number of hydrogen-bond acceptors (Lipinski definition) is 3. The van der Waals surface area contributed by atoms with E-state index in [1.807, 2.05) is 36.4 Å². The Morgan fingerprint density at radius 1 is 1.15 bits per heavy atom. The smallest absolute Gasteiger partial charge is 0.255 e. The molecule has 0 bridgehead atoms. The molecule has 0 radical (unpaired) electrons. The largest absolute Gasteiger partial charge is 0.335 e. The Morgan fingerprint density at radius 3 is 2.50 bits per heavy atom. The molecular weight excluding hydrogens is 372 g/mol. The molecule has 0 unspecified atom stereocenters. The third-order valence-corrected chi connectivity index (χ3v) is 6.13. The van der Waals surface area contributed by atoms with Gasteiger partial charge in [-0.15, -0.1) is 0 Å². The van der Waals surface area contributed by atoms with Crippen molar-refractivity contribution in [1.29, 1.82) is 0 Å². The number of nitrogens with one attached hydrogen (secondary N) is 1. The Bertz CT molecular complexity index is 956. The maximum absolute atomic E-state index is 12.8. The monoisotopic (exact) mass is 390 g/mol. The van der Waals surface area contributed by atoms with E-state index in [0.717, 1.165) is 12.0 Å². The van der Waals surface area contributed by atoms with E-state index in [-0.39, 0.29) is 21.4 Å². The van der Waals surface area contributed by atoms with E-state index in [4.69, 9.17) is 11.6 Å². The molecule has 0 aromatic heterocycles. The van der Waals surface area contributed by atoms with E-state index in [0.29, 0.717) is 13.1 Å². The quantitative estimate of drug-likeness (QED) is 0.871. The summed E-state index contributed by atoms with van der Waals surface area (Å²) >= 11 is 6.15. The number of carbonyl (C=O) groups is 1. The summed E-state index contributed by atoms with van der Waals surface area (Å²) < 4.78 is 26.2. The Kier molecular flexibility index (Phi) is 5.46. The average Bonchev–Trinajstić information content (AvgIpc) is 2.68. The Labute approximate surface area is 158 Å². The van der Waals surface area contributed by atoms with Crippen molar-refractivity contribution < 1.29 is 13.2 Å². The molecule has 1 N–H and O–H groups in total. The molecule has 0 saturated heterocycles. The second-order valence-corrected chi connectivity index (χ2v) is 8.24. The summed E-state index contributed by atoms with van der Waals surface area (Å²) in [6.45, 7) is 1.02. The molecule has 1 amide bonds. The number of rotatable bonds is 4. The summed E-state index contributed by atoms with van der Waals surface area (Å²) in [6.07, 6.45) is 2.76. The summed E-state index contributed by atoms with van der Waals surface area (Å²) in [5.74, 6) is -0.272.